The zero-order valence-corrected chi connectivity index (χ0v) is 13.8. The summed E-state index contributed by atoms with van der Waals surface area (Å²) in [6, 6.07) is 5.71. The van der Waals surface area contributed by atoms with Gasteiger partial charge in [0.2, 0.25) is 5.82 Å². The van der Waals surface area contributed by atoms with E-state index in [1.807, 2.05) is 19.0 Å². The highest BCUT2D eigenvalue weighted by Gasteiger charge is 2.36. The van der Waals surface area contributed by atoms with E-state index in [-0.39, 0.29) is 30.1 Å². The fourth-order valence-electron chi connectivity index (χ4n) is 2.89. The molecule has 1 aromatic carbocycles. The van der Waals surface area contributed by atoms with Crippen molar-refractivity contribution >= 4 is 5.91 Å². The molecule has 1 N–H and O–H groups in total. The summed E-state index contributed by atoms with van der Waals surface area (Å²) in [5, 5.41) is 14.3. The van der Waals surface area contributed by atoms with Crippen molar-refractivity contribution in [1.82, 2.24) is 24.6 Å². The van der Waals surface area contributed by atoms with Gasteiger partial charge in [0.05, 0.1) is 17.8 Å². The van der Waals surface area contributed by atoms with Crippen LogP contribution in [0.4, 0.5) is 4.39 Å². The van der Waals surface area contributed by atoms with Crippen molar-refractivity contribution in [3.05, 3.63) is 41.7 Å². The first-order valence-electron chi connectivity index (χ1n) is 7.70. The number of carbonyl (C=O) groups is 1. The lowest BCUT2D eigenvalue weighted by molar-refractivity contribution is 0.0752. The van der Waals surface area contributed by atoms with Gasteiger partial charge >= 0.3 is 0 Å². The summed E-state index contributed by atoms with van der Waals surface area (Å²) in [6.45, 7) is 2.41. The van der Waals surface area contributed by atoms with Crippen molar-refractivity contribution in [3.63, 3.8) is 0 Å². The van der Waals surface area contributed by atoms with Crippen LogP contribution in [0.25, 0.3) is 5.69 Å². The maximum Gasteiger partial charge on any atom is 0.293 e. The van der Waals surface area contributed by atoms with Gasteiger partial charge in [0.25, 0.3) is 5.91 Å². The molecule has 1 saturated heterocycles. The molecule has 1 fully saturated rings. The molecule has 1 amide bonds. The van der Waals surface area contributed by atoms with Crippen molar-refractivity contribution in [1.29, 1.82) is 0 Å². The Labute approximate surface area is 139 Å². The number of rotatable bonds is 3. The third kappa shape index (κ3) is 3.02. The second kappa shape index (κ2) is 6.29. The molecule has 0 aliphatic carbocycles. The molecule has 1 aliphatic heterocycles. The summed E-state index contributed by atoms with van der Waals surface area (Å²) in [5.74, 6) is -0.0479. The van der Waals surface area contributed by atoms with Gasteiger partial charge in [0.1, 0.15) is 11.6 Å². The minimum Gasteiger partial charge on any atom is -0.390 e. The number of hydrogen-bond acceptors (Lipinski definition) is 5. The van der Waals surface area contributed by atoms with E-state index < -0.39 is 6.10 Å². The van der Waals surface area contributed by atoms with Crippen molar-refractivity contribution in [2.45, 2.75) is 19.1 Å². The van der Waals surface area contributed by atoms with Gasteiger partial charge in [-0.1, -0.05) is 0 Å². The summed E-state index contributed by atoms with van der Waals surface area (Å²) in [4.78, 5) is 20.3. The molecule has 2 atom stereocenters. The molecule has 1 aromatic heterocycles. The van der Waals surface area contributed by atoms with Crippen molar-refractivity contribution in [2.24, 2.45) is 0 Å². The van der Waals surface area contributed by atoms with Gasteiger partial charge in [0.15, 0.2) is 0 Å². The predicted octanol–water partition coefficient (Wildman–Crippen LogP) is 0.462. The number of aliphatic hydroxyl groups excluding tert-OH is 1. The van der Waals surface area contributed by atoms with Gasteiger partial charge in [-0.05, 0) is 45.3 Å². The number of hydrogen-bond donors (Lipinski definition) is 1. The summed E-state index contributed by atoms with van der Waals surface area (Å²) in [5.41, 5.74) is 0.632. The number of aromatic nitrogens is 3. The average Bonchev–Trinajstić information content (AvgIpc) is 3.11. The summed E-state index contributed by atoms with van der Waals surface area (Å²) in [6.07, 6.45) is -0.593. The Bertz CT molecular complexity index is 743. The third-order valence-electron chi connectivity index (χ3n) is 4.24. The number of likely N-dealkylation sites (N-methyl/N-ethyl adjacent to an activating group) is 1. The Morgan fingerprint density at radius 1 is 1.29 bits per heavy atom. The van der Waals surface area contributed by atoms with Crippen LogP contribution in [0, 0.1) is 12.7 Å². The average molecular weight is 333 g/mol. The Kier molecular flexibility index (Phi) is 4.33. The van der Waals surface area contributed by atoms with Crippen molar-refractivity contribution in [3.8, 4) is 5.69 Å². The topological polar surface area (TPSA) is 74.5 Å². The zero-order chi connectivity index (χ0) is 17.4. The monoisotopic (exact) mass is 333 g/mol. The van der Waals surface area contributed by atoms with Crippen molar-refractivity contribution < 1.29 is 14.3 Å². The van der Waals surface area contributed by atoms with Crippen LogP contribution in [0.3, 0.4) is 0 Å². The van der Waals surface area contributed by atoms with E-state index in [2.05, 4.69) is 10.1 Å². The fourth-order valence-corrected chi connectivity index (χ4v) is 2.89. The zero-order valence-electron chi connectivity index (χ0n) is 13.8. The van der Waals surface area contributed by atoms with E-state index in [0.29, 0.717) is 18.1 Å². The van der Waals surface area contributed by atoms with Gasteiger partial charge < -0.3 is 14.9 Å². The standard InChI is InChI=1S/C16H20FN5O2/c1-10-18-15(19-22(10)12-6-4-11(17)5-7-12)16(24)21-8-13(20(2)3)14(23)9-21/h4-7,13-14,23H,8-9H2,1-3H3/t13-,14-/m0/s1. The lowest BCUT2D eigenvalue weighted by Gasteiger charge is -2.21. The van der Waals surface area contributed by atoms with Crippen LogP contribution in [0.2, 0.25) is 0 Å². The smallest absolute Gasteiger partial charge is 0.293 e. The lowest BCUT2D eigenvalue weighted by atomic mass is 10.2. The van der Waals surface area contributed by atoms with Crippen LogP contribution in [0.1, 0.15) is 16.4 Å². The van der Waals surface area contributed by atoms with Crippen LogP contribution in [-0.2, 0) is 0 Å². The van der Waals surface area contributed by atoms with Gasteiger partial charge in [-0.15, -0.1) is 5.10 Å². The molecule has 7 nitrogen and oxygen atoms in total. The summed E-state index contributed by atoms with van der Waals surface area (Å²) < 4.78 is 14.5. The number of β-amino-alcohol motifs (C(OH)–C–C–N with tert-alkyl or cyclic N) is 1. The Hall–Kier alpha value is -2.32. The minimum absolute atomic E-state index is 0.0726. The molecule has 0 saturated carbocycles. The number of nitrogens with zero attached hydrogens (tertiary/aromatic N) is 5. The van der Waals surface area contributed by atoms with Crippen LogP contribution < -0.4 is 0 Å². The number of aliphatic hydroxyl groups is 1. The van der Waals surface area contributed by atoms with Crippen molar-refractivity contribution in [2.75, 3.05) is 27.2 Å². The Balaban J connectivity index is 1.82. The largest absolute Gasteiger partial charge is 0.390 e. The number of benzene rings is 1. The van der Waals surface area contributed by atoms with Gasteiger partial charge in [-0.2, -0.15) is 0 Å². The number of halogens is 1. The quantitative estimate of drug-likeness (QED) is 0.883. The van der Waals surface area contributed by atoms with E-state index >= 15 is 0 Å². The number of carbonyl (C=O) groups excluding carboxylic acids is 1. The maximum absolute atomic E-state index is 13.0. The predicted molar refractivity (Wildman–Crippen MR) is 85.4 cm³/mol. The third-order valence-corrected chi connectivity index (χ3v) is 4.24. The SMILES string of the molecule is Cc1nc(C(=O)N2C[C@H](O)[C@@H](N(C)C)C2)nn1-c1ccc(F)cc1. The molecule has 128 valence electrons. The van der Waals surface area contributed by atoms with Crippen LogP contribution >= 0.6 is 0 Å². The highest BCUT2D eigenvalue weighted by molar-refractivity contribution is 5.90. The molecule has 8 heteroatoms. The van der Waals surface area contributed by atoms with Gasteiger partial charge in [-0.25, -0.2) is 14.1 Å². The van der Waals surface area contributed by atoms with Crippen LogP contribution in [0.5, 0.6) is 0 Å². The number of amides is 1. The summed E-state index contributed by atoms with van der Waals surface area (Å²) in [7, 11) is 3.74. The second-order valence-corrected chi connectivity index (χ2v) is 6.18. The first kappa shape index (κ1) is 16.5. The van der Waals surface area contributed by atoms with Gasteiger partial charge in [0, 0.05) is 13.1 Å². The molecule has 0 radical (unpaired) electrons. The first-order chi connectivity index (χ1) is 11.4. The van der Waals surface area contributed by atoms with Crippen LogP contribution in [-0.4, -0.2) is 74.9 Å². The highest BCUT2D eigenvalue weighted by atomic mass is 19.1. The molecule has 3 rings (SSSR count). The first-order valence-corrected chi connectivity index (χ1v) is 7.70. The molecule has 0 spiro atoms. The van der Waals surface area contributed by atoms with E-state index in [1.54, 1.807) is 24.0 Å². The minimum atomic E-state index is -0.593. The maximum atomic E-state index is 13.0. The van der Waals surface area contributed by atoms with E-state index in [0.717, 1.165) is 0 Å². The summed E-state index contributed by atoms with van der Waals surface area (Å²) >= 11 is 0. The molecular formula is C16H20FN5O2. The fraction of sp³-hybridized carbons (Fsp3) is 0.438. The molecule has 24 heavy (non-hydrogen) atoms. The normalized spacial score (nSPS) is 20.8. The molecular weight excluding hydrogens is 313 g/mol. The van der Waals surface area contributed by atoms with E-state index in [1.165, 1.54) is 16.8 Å². The number of likely N-dealkylation sites (tertiary alicyclic amines) is 1. The number of aryl methyl sites for hydroxylation is 1. The molecule has 1 aliphatic rings. The van der Waals surface area contributed by atoms with Gasteiger partial charge in [-0.3, -0.25) is 4.79 Å². The molecule has 0 bridgehead atoms. The Morgan fingerprint density at radius 3 is 2.54 bits per heavy atom. The van der Waals surface area contributed by atoms with E-state index in [9.17, 15) is 14.3 Å². The van der Waals surface area contributed by atoms with E-state index in [4.69, 9.17) is 0 Å². The molecule has 2 aromatic rings. The van der Waals surface area contributed by atoms with Crippen LogP contribution in [0.15, 0.2) is 24.3 Å². The second-order valence-electron chi connectivity index (χ2n) is 6.18. The molecule has 0 unspecified atom stereocenters. The Morgan fingerprint density at radius 2 is 1.96 bits per heavy atom. The highest BCUT2D eigenvalue weighted by Crippen LogP contribution is 2.17. The lowest BCUT2D eigenvalue weighted by Crippen LogP contribution is -2.38. The molecule has 2 heterocycles.